The van der Waals surface area contributed by atoms with E-state index in [4.69, 9.17) is 9.47 Å². The lowest BCUT2D eigenvalue weighted by Gasteiger charge is -2.36. The molecule has 0 fully saturated rings. The van der Waals surface area contributed by atoms with Crippen molar-refractivity contribution in [2.24, 2.45) is 0 Å². The van der Waals surface area contributed by atoms with Crippen LogP contribution < -0.4 is 24.4 Å². The Labute approximate surface area is 238 Å². The van der Waals surface area contributed by atoms with Crippen molar-refractivity contribution in [1.82, 2.24) is 15.1 Å². The second-order valence-corrected chi connectivity index (χ2v) is 11.5. The van der Waals surface area contributed by atoms with Crippen LogP contribution in [0, 0.1) is 0 Å². The van der Waals surface area contributed by atoms with Gasteiger partial charge in [-0.1, -0.05) is 12.1 Å². The molecule has 1 aliphatic heterocycles. The number of halogens is 3. The van der Waals surface area contributed by atoms with Crippen molar-refractivity contribution in [3.63, 3.8) is 0 Å². The first-order valence-electron chi connectivity index (χ1n) is 12.8. The Balaban J connectivity index is 1.47. The fraction of sp³-hybridized carbons (Fsp3) is 0.296. The van der Waals surface area contributed by atoms with E-state index in [1.807, 2.05) is 31.1 Å². The summed E-state index contributed by atoms with van der Waals surface area (Å²) in [5.41, 5.74) is 0.272. The van der Waals surface area contributed by atoms with Crippen molar-refractivity contribution >= 4 is 21.5 Å². The van der Waals surface area contributed by atoms with E-state index >= 15 is 0 Å². The third-order valence-corrected chi connectivity index (χ3v) is 8.23. The van der Waals surface area contributed by atoms with Gasteiger partial charge in [-0.2, -0.15) is 13.2 Å². The van der Waals surface area contributed by atoms with Crippen LogP contribution >= 0.6 is 0 Å². The Bertz CT molecular complexity index is 1740. The molecule has 0 radical (unpaired) electrons. The summed E-state index contributed by atoms with van der Waals surface area (Å²) < 4.78 is 85.0. The van der Waals surface area contributed by atoms with E-state index in [0.29, 0.717) is 36.0 Å². The standard InChI is InChI=1S/C27H26F3N5O6S/c1-34(2)24-10-4-9-21(31-24)17-11-12-23-22(14-17)35(42(37,38)20-8-3-6-18(15-20)27(28,29)30)16-19(40-23)7-5-13-39-25-32-26(36)41-33-25/h3-4,6,8-12,14-15,19H,5,7,13,16H2,1-2H3,(H,32,33,36)/t19-/m0/s1. The van der Waals surface area contributed by atoms with Gasteiger partial charge in [0.2, 0.25) is 0 Å². The number of H-pyrrole nitrogens is 1. The van der Waals surface area contributed by atoms with Gasteiger partial charge in [-0.05, 0) is 66.5 Å². The number of pyridine rings is 1. The number of benzene rings is 2. The maximum absolute atomic E-state index is 13.9. The van der Waals surface area contributed by atoms with E-state index in [-0.39, 0.29) is 30.6 Å². The Hall–Kier alpha value is -4.53. The zero-order valence-corrected chi connectivity index (χ0v) is 23.3. The van der Waals surface area contributed by atoms with E-state index in [1.54, 1.807) is 24.3 Å². The van der Waals surface area contributed by atoms with Crippen molar-refractivity contribution in [1.29, 1.82) is 0 Å². The average Bonchev–Trinajstić information content (AvgIpc) is 3.39. The highest BCUT2D eigenvalue weighted by Gasteiger charge is 2.37. The third kappa shape index (κ3) is 6.20. The summed E-state index contributed by atoms with van der Waals surface area (Å²) in [6.07, 6.45) is -4.67. The van der Waals surface area contributed by atoms with Crippen LogP contribution in [0.4, 0.5) is 24.7 Å². The van der Waals surface area contributed by atoms with E-state index in [1.165, 1.54) is 0 Å². The van der Waals surface area contributed by atoms with Crippen LogP contribution in [0.15, 0.2) is 74.9 Å². The lowest BCUT2D eigenvalue weighted by Crippen LogP contribution is -2.43. The third-order valence-electron chi connectivity index (χ3n) is 6.46. The molecule has 0 spiro atoms. The number of hydrogen-bond acceptors (Lipinski definition) is 9. The molecule has 5 rings (SSSR count). The number of alkyl halides is 3. The second-order valence-electron chi connectivity index (χ2n) is 9.65. The topological polar surface area (TPSA) is 131 Å². The molecular formula is C27H26F3N5O6S. The van der Waals surface area contributed by atoms with Gasteiger partial charge in [-0.25, -0.2) is 23.2 Å². The molecule has 4 aromatic rings. The first kappa shape index (κ1) is 29.0. The van der Waals surface area contributed by atoms with Gasteiger partial charge >= 0.3 is 17.9 Å². The van der Waals surface area contributed by atoms with Crippen molar-refractivity contribution in [2.45, 2.75) is 30.0 Å². The van der Waals surface area contributed by atoms with Crippen LogP contribution in [0.5, 0.6) is 11.8 Å². The van der Waals surface area contributed by atoms with E-state index in [2.05, 4.69) is 19.6 Å². The quantitative estimate of drug-likeness (QED) is 0.277. The monoisotopic (exact) mass is 605 g/mol. The van der Waals surface area contributed by atoms with Gasteiger partial charge < -0.3 is 14.4 Å². The Kier molecular flexibility index (Phi) is 7.86. The van der Waals surface area contributed by atoms with E-state index < -0.39 is 38.5 Å². The zero-order chi connectivity index (χ0) is 30.1. The molecule has 222 valence electrons. The lowest BCUT2D eigenvalue weighted by atomic mass is 10.1. The number of ether oxygens (including phenoxy) is 2. The number of sulfonamides is 1. The molecular weight excluding hydrogens is 579 g/mol. The van der Waals surface area contributed by atoms with Crippen molar-refractivity contribution < 1.29 is 35.6 Å². The van der Waals surface area contributed by atoms with E-state index in [0.717, 1.165) is 22.5 Å². The summed E-state index contributed by atoms with van der Waals surface area (Å²) in [7, 11) is -0.772. The summed E-state index contributed by atoms with van der Waals surface area (Å²) in [6, 6.07) is 13.9. The van der Waals surface area contributed by atoms with Gasteiger partial charge in [0.25, 0.3) is 10.0 Å². The smallest absolute Gasteiger partial charge is 0.441 e. The molecule has 0 saturated heterocycles. The first-order chi connectivity index (χ1) is 19.9. The Morgan fingerprint density at radius 3 is 2.62 bits per heavy atom. The van der Waals surface area contributed by atoms with Crippen LogP contribution in [0.3, 0.4) is 0 Å². The molecule has 0 aliphatic carbocycles. The van der Waals surface area contributed by atoms with Gasteiger partial charge in [0, 0.05) is 19.7 Å². The highest BCUT2D eigenvalue weighted by atomic mass is 32.2. The van der Waals surface area contributed by atoms with Crippen LogP contribution in [0.1, 0.15) is 18.4 Å². The van der Waals surface area contributed by atoms with Gasteiger partial charge in [0.15, 0.2) is 0 Å². The normalized spacial score (nSPS) is 15.2. The van der Waals surface area contributed by atoms with Crippen molar-refractivity contribution in [3.05, 3.63) is 76.8 Å². The number of fused-ring (bicyclic) bond motifs is 1. The number of hydrogen-bond donors (Lipinski definition) is 1. The molecule has 15 heteroatoms. The summed E-state index contributed by atoms with van der Waals surface area (Å²) in [6.45, 7) is -0.0522. The van der Waals surface area contributed by atoms with Crippen molar-refractivity contribution in [2.75, 3.05) is 36.5 Å². The Morgan fingerprint density at radius 1 is 1.12 bits per heavy atom. The molecule has 42 heavy (non-hydrogen) atoms. The number of nitrogens with zero attached hydrogens (tertiary/aromatic N) is 4. The molecule has 2 aromatic carbocycles. The predicted molar refractivity (Wildman–Crippen MR) is 146 cm³/mol. The molecule has 0 unspecified atom stereocenters. The maximum atomic E-state index is 13.9. The summed E-state index contributed by atoms with van der Waals surface area (Å²) in [5.74, 6) is 0.165. The fourth-order valence-corrected chi connectivity index (χ4v) is 5.95. The van der Waals surface area contributed by atoms with Gasteiger partial charge in [-0.3, -0.25) is 8.83 Å². The average molecular weight is 606 g/mol. The lowest BCUT2D eigenvalue weighted by molar-refractivity contribution is -0.137. The molecule has 3 heterocycles. The predicted octanol–water partition coefficient (Wildman–Crippen LogP) is 4.33. The van der Waals surface area contributed by atoms with Crippen LogP contribution in [-0.4, -0.2) is 56.9 Å². The fourth-order valence-electron chi connectivity index (χ4n) is 4.40. The highest BCUT2D eigenvalue weighted by Crippen LogP contribution is 2.41. The van der Waals surface area contributed by atoms with Crippen LogP contribution in [-0.2, 0) is 16.2 Å². The molecule has 0 amide bonds. The number of anilines is 2. The zero-order valence-electron chi connectivity index (χ0n) is 22.5. The number of aromatic amines is 1. The largest absolute Gasteiger partial charge is 0.486 e. The summed E-state index contributed by atoms with van der Waals surface area (Å²) >= 11 is 0. The van der Waals surface area contributed by atoms with Gasteiger partial charge in [0.1, 0.15) is 17.7 Å². The number of aromatic nitrogens is 3. The molecule has 2 aromatic heterocycles. The molecule has 0 saturated carbocycles. The number of rotatable bonds is 9. The summed E-state index contributed by atoms with van der Waals surface area (Å²) in [4.78, 5) is 19.2. The molecule has 0 bridgehead atoms. The molecule has 1 atom stereocenters. The molecule has 1 aliphatic rings. The minimum atomic E-state index is -4.72. The van der Waals surface area contributed by atoms with Crippen molar-refractivity contribution in [3.8, 4) is 23.0 Å². The maximum Gasteiger partial charge on any atom is 0.441 e. The van der Waals surface area contributed by atoms with Gasteiger partial charge in [-0.15, -0.1) is 0 Å². The van der Waals surface area contributed by atoms with E-state index in [9.17, 15) is 26.4 Å². The SMILES string of the molecule is CN(C)c1cccc(-c2ccc3c(c2)N(S(=O)(=O)c2cccc(C(F)(F)F)c2)C[C@H](CCCOc2noc(=O)[nH]2)O3)n1. The first-order valence-corrected chi connectivity index (χ1v) is 14.2. The van der Waals surface area contributed by atoms with Crippen LogP contribution in [0.2, 0.25) is 0 Å². The number of nitrogens with one attached hydrogen (secondary N) is 1. The summed E-state index contributed by atoms with van der Waals surface area (Å²) in [5, 5.41) is 3.41. The molecule has 1 N–H and O–H groups in total. The molecule has 11 nitrogen and oxygen atoms in total. The van der Waals surface area contributed by atoms with Crippen LogP contribution in [0.25, 0.3) is 11.3 Å². The minimum absolute atomic E-state index is 0.0943. The second kappa shape index (κ2) is 11.4. The Morgan fingerprint density at radius 2 is 1.90 bits per heavy atom. The highest BCUT2D eigenvalue weighted by molar-refractivity contribution is 7.92. The minimum Gasteiger partial charge on any atom is -0.486 e. The van der Waals surface area contributed by atoms with Gasteiger partial charge in [0.05, 0.1) is 35.0 Å².